The second kappa shape index (κ2) is 21.4. The van der Waals surface area contributed by atoms with Crippen molar-refractivity contribution in [3.63, 3.8) is 0 Å². The molecule has 5 nitrogen and oxygen atoms in total. The number of phosphoric ester groups is 1. The monoisotopic (exact) mass is 395 g/mol. The third-order valence-electron chi connectivity index (χ3n) is 4.44. The molecule has 26 heavy (non-hydrogen) atoms. The molecule has 3 N–H and O–H groups in total. The highest BCUT2D eigenvalue weighted by Crippen LogP contribution is 2.36. The van der Waals surface area contributed by atoms with Crippen LogP contribution in [-0.2, 0) is 9.09 Å². The van der Waals surface area contributed by atoms with Crippen molar-refractivity contribution in [2.75, 3.05) is 19.7 Å². The first-order chi connectivity index (χ1) is 12.4. The first kappa shape index (κ1) is 28.3. The van der Waals surface area contributed by atoms with E-state index in [-0.39, 0.29) is 12.5 Å². The molecule has 0 aliphatic rings. The Balaban J connectivity index is 0. The van der Waals surface area contributed by atoms with Gasteiger partial charge in [0.05, 0.1) is 6.61 Å². The number of hydrogen-bond acceptors (Lipinski definition) is 3. The lowest BCUT2D eigenvalue weighted by molar-refractivity contribution is 0.161. The lowest BCUT2D eigenvalue weighted by Gasteiger charge is -2.14. The second-order valence-electron chi connectivity index (χ2n) is 7.07. The average molecular weight is 396 g/mol. The zero-order chi connectivity index (χ0) is 20.1. The van der Waals surface area contributed by atoms with Crippen molar-refractivity contribution in [3.05, 3.63) is 0 Å². The predicted octanol–water partition coefficient (Wildman–Crippen LogP) is 6.05. The van der Waals surface area contributed by atoms with Crippen LogP contribution in [0.15, 0.2) is 0 Å². The fourth-order valence-electron chi connectivity index (χ4n) is 2.58. The van der Waals surface area contributed by atoms with E-state index in [1.165, 1.54) is 64.5 Å². The van der Waals surface area contributed by atoms with Crippen LogP contribution in [-0.4, -0.2) is 29.5 Å². The summed E-state index contributed by atoms with van der Waals surface area (Å²) in [7, 11) is -4.26. The van der Waals surface area contributed by atoms with Crippen LogP contribution in [0.2, 0.25) is 0 Å². The summed E-state index contributed by atoms with van der Waals surface area (Å²) in [6.07, 6.45) is 15.1. The van der Waals surface area contributed by atoms with Gasteiger partial charge in [0, 0.05) is 0 Å². The van der Waals surface area contributed by atoms with Crippen molar-refractivity contribution in [1.29, 1.82) is 0 Å². The molecule has 1 unspecified atom stereocenters. The SMILES string of the molecule is CCCCC(CC)COP(=O)(O)O.CCCCCCNCCCCCC. The molecule has 0 saturated heterocycles. The highest BCUT2D eigenvalue weighted by atomic mass is 31.2. The van der Waals surface area contributed by atoms with Crippen molar-refractivity contribution in [3.8, 4) is 0 Å². The van der Waals surface area contributed by atoms with Crippen LogP contribution < -0.4 is 5.32 Å². The van der Waals surface area contributed by atoms with Gasteiger partial charge in [-0.15, -0.1) is 0 Å². The van der Waals surface area contributed by atoms with Gasteiger partial charge in [-0.2, -0.15) is 0 Å². The highest BCUT2D eigenvalue weighted by Gasteiger charge is 2.16. The lowest BCUT2D eigenvalue weighted by Crippen LogP contribution is -2.16. The van der Waals surface area contributed by atoms with E-state index in [1.807, 2.05) is 6.92 Å². The van der Waals surface area contributed by atoms with Crippen LogP contribution in [0.1, 0.15) is 105 Å². The summed E-state index contributed by atoms with van der Waals surface area (Å²) in [4.78, 5) is 17.0. The van der Waals surface area contributed by atoms with E-state index in [4.69, 9.17) is 9.79 Å². The van der Waals surface area contributed by atoms with E-state index in [9.17, 15) is 4.57 Å². The van der Waals surface area contributed by atoms with E-state index < -0.39 is 7.82 Å². The minimum Gasteiger partial charge on any atom is -0.317 e. The number of hydrogen-bond donors (Lipinski definition) is 3. The van der Waals surface area contributed by atoms with E-state index in [2.05, 4.69) is 30.6 Å². The molecule has 0 heterocycles. The Bertz CT molecular complexity index is 300. The van der Waals surface area contributed by atoms with Crippen molar-refractivity contribution < 1.29 is 18.9 Å². The summed E-state index contributed by atoms with van der Waals surface area (Å²) in [5.41, 5.74) is 0. The average Bonchev–Trinajstić information content (AvgIpc) is 2.60. The Morgan fingerprint density at radius 3 is 1.69 bits per heavy atom. The second-order valence-corrected chi connectivity index (χ2v) is 8.31. The van der Waals surface area contributed by atoms with Gasteiger partial charge in [0.2, 0.25) is 0 Å². The normalized spacial score (nSPS) is 12.5. The smallest absolute Gasteiger partial charge is 0.317 e. The maximum Gasteiger partial charge on any atom is 0.469 e. The van der Waals surface area contributed by atoms with Crippen LogP contribution in [0.25, 0.3) is 0 Å². The van der Waals surface area contributed by atoms with E-state index in [0.29, 0.717) is 0 Å². The van der Waals surface area contributed by atoms with Crippen molar-refractivity contribution in [1.82, 2.24) is 5.32 Å². The molecule has 0 radical (unpaired) electrons. The molecular weight excluding hydrogens is 349 g/mol. The molecule has 0 aliphatic carbocycles. The predicted molar refractivity (Wildman–Crippen MR) is 112 cm³/mol. The van der Waals surface area contributed by atoms with Gasteiger partial charge >= 0.3 is 7.82 Å². The Morgan fingerprint density at radius 2 is 1.31 bits per heavy atom. The van der Waals surface area contributed by atoms with E-state index >= 15 is 0 Å². The number of rotatable bonds is 17. The maximum atomic E-state index is 10.4. The molecule has 0 fully saturated rings. The molecule has 0 aliphatic heterocycles. The molecule has 0 aromatic heterocycles. The fraction of sp³-hybridized carbons (Fsp3) is 1.00. The summed E-state index contributed by atoms with van der Waals surface area (Å²) in [6, 6.07) is 0. The zero-order valence-electron chi connectivity index (χ0n) is 17.8. The Morgan fingerprint density at radius 1 is 0.808 bits per heavy atom. The Kier molecular flexibility index (Phi) is 23.2. The Hall–Kier alpha value is 0.0700. The number of phosphoric acid groups is 1. The lowest BCUT2D eigenvalue weighted by atomic mass is 10.0. The summed E-state index contributed by atoms with van der Waals surface area (Å²) >= 11 is 0. The van der Waals surface area contributed by atoms with Crippen molar-refractivity contribution in [2.45, 2.75) is 105 Å². The third-order valence-corrected chi connectivity index (χ3v) is 4.92. The molecule has 0 saturated carbocycles. The summed E-state index contributed by atoms with van der Waals surface area (Å²) < 4.78 is 14.8. The molecule has 6 heteroatoms. The first-order valence-electron chi connectivity index (χ1n) is 10.8. The van der Waals surface area contributed by atoms with Crippen LogP contribution >= 0.6 is 7.82 Å². The maximum absolute atomic E-state index is 10.4. The van der Waals surface area contributed by atoms with Gasteiger partial charge in [0.1, 0.15) is 0 Å². The highest BCUT2D eigenvalue weighted by molar-refractivity contribution is 7.46. The van der Waals surface area contributed by atoms with Crippen molar-refractivity contribution in [2.24, 2.45) is 5.92 Å². The summed E-state index contributed by atoms with van der Waals surface area (Å²) in [5.74, 6) is 0.271. The molecule has 0 bridgehead atoms. The summed E-state index contributed by atoms with van der Waals surface area (Å²) in [6.45, 7) is 11.2. The largest absolute Gasteiger partial charge is 0.469 e. The van der Waals surface area contributed by atoms with Gasteiger partial charge in [-0.05, 0) is 38.3 Å². The van der Waals surface area contributed by atoms with Gasteiger partial charge in [-0.3, -0.25) is 4.52 Å². The third kappa shape index (κ3) is 26.3. The number of unbranched alkanes of at least 4 members (excludes halogenated alkanes) is 7. The van der Waals surface area contributed by atoms with Gasteiger partial charge < -0.3 is 15.1 Å². The molecule has 0 spiro atoms. The molecule has 0 amide bonds. The first-order valence-corrected chi connectivity index (χ1v) is 12.3. The van der Waals surface area contributed by atoms with Crippen LogP contribution in [0, 0.1) is 5.92 Å². The van der Waals surface area contributed by atoms with E-state index in [0.717, 1.165) is 25.7 Å². The molecule has 0 rings (SSSR count). The molecule has 160 valence electrons. The zero-order valence-corrected chi connectivity index (χ0v) is 18.7. The molecule has 0 aromatic rings. The minimum atomic E-state index is -4.26. The van der Waals surface area contributed by atoms with Gasteiger partial charge in [0.25, 0.3) is 0 Å². The fourth-order valence-corrected chi connectivity index (χ4v) is 2.98. The van der Waals surface area contributed by atoms with Crippen molar-refractivity contribution >= 4 is 7.82 Å². The van der Waals surface area contributed by atoms with Gasteiger partial charge in [0.15, 0.2) is 0 Å². The minimum absolute atomic E-state index is 0.167. The van der Waals surface area contributed by atoms with Crippen LogP contribution in [0.4, 0.5) is 0 Å². The van der Waals surface area contributed by atoms with E-state index in [1.54, 1.807) is 0 Å². The van der Waals surface area contributed by atoms with Gasteiger partial charge in [-0.25, -0.2) is 4.57 Å². The Labute approximate surface area is 162 Å². The molecule has 1 atom stereocenters. The molecular formula is C20H46NO4P. The molecule has 0 aromatic carbocycles. The number of nitrogens with one attached hydrogen (secondary N) is 1. The quantitative estimate of drug-likeness (QED) is 0.206. The standard InChI is InChI=1S/C12H27N.C8H19O4P/c1-3-5-7-9-11-13-12-10-8-6-4-2;1-3-5-6-8(4-2)7-12-13(9,10)11/h13H,3-12H2,1-2H3;8H,3-7H2,1-2H3,(H2,9,10,11). The van der Waals surface area contributed by atoms with Crippen LogP contribution in [0.5, 0.6) is 0 Å². The van der Waals surface area contributed by atoms with Gasteiger partial charge in [-0.1, -0.05) is 85.5 Å². The van der Waals surface area contributed by atoms with Crippen LogP contribution in [0.3, 0.4) is 0 Å². The summed E-state index contributed by atoms with van der Waals surface area (Å²) in [5, 5.41) is 3.50. The topological polar surface area (TPSA) is 78.8 Å².